The molecule has 0 fully saturated rings. The van der Waals surface area contributed by atoms with Gasteiger partial charge in [-0.2, -0.15) is 0 Å². The Hall–Kier alpha value is -2.62. The Morgan fingerprint density at radius 2 is 1.81 bits per heavy atom. The summed E-state index contributed by atoms with van der Waals surface area (Å²) >= 11 is 0. The fraction of sp³-hybridized carbons (Fsp3) is 0.364. The molecule has 1 N–H and O–H groups in total. The van der Waals surface area contributed by atoms with E-state index in [9.17, 15) is 9.59 Å². The number of hydrogen-bond acceptors (Lipinski definition) is 3. The highest BCUT2D eigenvalue weighted by Gasteiger charge is 2.15. The van der Waals surface area contributed by atoms with Gasteiger partial charge in [-0.25, -0.2) is 0 Å². The van der Waals surface area contributed by atoms with Gasteiger partial charge in [0.2, 0.25) is 0 Å². The van der Waals surface area contributed by atoms with Gasteiger partial charge >= 0.3 is 0 Å². The number of benzene rings is 2. The molecular formula is C22H25NO3. The van der Waals surface area contributed by atoms with E-state index >= 15 is 0 Å². The number of aryl methyl sites for hydroxylation is 2. The molecule has 1 amide bonds. The van der Waals surface area contributed by atoms with Crippen LogP contribution in [0.5, 0.6) is 5.75 Å². The van der Waals surface area contributed by atoms with Gasteiger partial charge < -0.3 is 10.1 Å². The monoisotopic (exact) mass is 351 g/mol. The zero-order valence-corrected chi connectivity index (χ0v) is 15.4. The van der Waals surface area contributed by atoms with Gasteiger partial charge in [0.25, 0.3) is 5.91 Å². The SMILES string of the molecule is CC(=O)c1ccccc1OCC(=O)N[C@@H](C)c1ccc2c(c1)CCCC2. The maximum atomic E-state index is 12.2. The molecular weight excluding hydrogens is 326 g/mol. The molecule has 0 unspecified atom stereocenters. The first-order valence-corrected chi connectivity index (χ1v) is 9.18. The molecule has 4 heteroatoms. The van der Waals surface area contributed by atoms with Crippen LogP contribution in [-0.2, 0) is 17.6 Å². The van der Waals surface area contributed by atoms with Crippen LogP contribution >= 0.6 is 0 Å². The van der Waals surface area contributed by atoms with Crippen LogP contribution in [0.3, 0.4) is 0 Å². The minimum absolute atomic E-state index is 0.0802. The molecule has 136 valence electrons. The molecule has 0 bridgehead atoms. The summed E-state index contributed by atoms with van der Waals surface area (Å²) in [4.78, 5) is 23.9. The van der Waals surface area contributed by atoms with Crippen LogP contribution in [0.25, 0.3) is 0 Å². The normalized spacial score (nSPS) is 14.2. The number of para-hydroxylation sites is 1. The third-order valence-corrected chi connectivity index (χ3v) is 4.88. The molecule has 4 nitrogen and oxygen atoms in total. The van der Waals surface area contributed by atoms with E-state index in [-0.39, 0.29) is 24.3 Å². The van der Waals surface area contributed by atoms with Gasteiger partial charge in [-0.1, -0.05) is 30.3 Å². The van der Waals surface area contributed by atoms with Crippen molar-refractivity contribution < 1.29 is 14.3 Å². The molecule has 0 saturated heterocycles. The maximum Gasteiger partial charge on any atom is 0.258 e. The number of Topliss-reactive ketones (excluding diaryl/α,β-unsaturated/α-hetero) is 1. The first kappa shape index (κ1) is 18.2. The molecule has 0 aliphatic heterocycles. The largest absolute Gasteiger partial charge is 0.483 e. The van der Waals surface area contributed by atoms with Gasteiger partial charge in [-0.15, -0.1) is 0 Å². The van der Waals surface area contributed by atoms with Crippen molar-refractivity contribution >= 4 is 11.7 Å². The van der Waals surface area contributed by atoms with E-state index in [1.807, 2.05) is 6.92 Å². The van der Waals surface area contributed by atoms with E-state index in [2.05, 4.69) is 23.5 Å². The van der Waals surface area contributed by atoms with Gasteiger partial charge in [-0.3, -0.25) is 9.59 Å². The van der Waals surface area contributed by atoms with E-state index in [4.69, 9.17) is 4.74 Å². The third kappa shape index (κ3) is 4.31. The molecule has 0 spiro atoms. The second kappa shape index (κ2) is 8.17. The Balaban J connectivity index is 1.59. The fourth-order valence-corrected chi connectivity index (χ4v) is 3.42. The number of hydrogen-bond donors (Lipinski definition) is 1. The molecule has 1 atom stereocenters. The zero-order chi connectivity index (χ0) is 18.5. The molecule has 1 aliphatic carbocycles. The lowest BCUT2D eigenvalue weighted by atomic mass is 9.89. The van der Waals surface area contributed by atoms with Crippen LogP contribution < -0.4 is 10.1 Å². The van der Waals surface area contributed by atoms with Gasteiger partial charge in [0.1, 0.15) is 5.75 Å². The summed E-state index contributed by atoms with van der Waals surface area (Å²) in [5.74, 6) is 0.161. The number of rotatable bonds is 6. The van der Waals surface area contributed by atoms with Crippen molar-refractivity contribution in [2.45, 2.75) is 45.6 Å². The van der Waals surface area contributed by atoms with E-state index in [1.54, 1.807) is 24.3 Å². The number of amides is 1. The second-order valence-electron chi connectivity index (χ2n) is 6.87. The molecule has 2 aromatic carbocycles. The van der Waals surface area contributed by atoms with E-state index in [1.165, 1.54) is 30.9 Å². The molecule has 3 rings (SSSR count). The van der Waals surface area contributed by atoms with Crippen LogP contribution in [-0.4, -0.2) is 18.3 Å². The number of carbonyl (C=O) groups is 2. The highest BCUT2D eigenvalue weighted by atomic mass is 16.5. The standard InChI is InChI=1S/C22H25NO3/c1-15(18-12-11-17-7-3-4-8-19(17)13-18)23-22(25)14-26-21-10-6-5-9-20(21)16(2)24/h5-6,9-13,15H,3-4,7-8,14H2,1-2H3,(H,23,25)/t15-/m0/s1. The van der Waals surface area contributed by atoms with Crippen LogP contribution in [0.1, 0.15) is 59.8 Å². The first-order valence-electron chi connectivity index (χ1n) is 9.18. The summed E-state index contributed by atoms with van der Waals surface area (Å²) in [5, 5.41) is 2.97. The number of fused-ring (bicyclic) bond motifs is 1. The first-order chi connectivity index (χ1) is 12.5. The van der Waals surface area contributed by atoms with Crippen molar-refractivity contribution in [3.05, 3.63) is 64.7 Å². The van der Waals surface area contributed by atoms with Gasteiger partial charge in [0.15, 0.2) is 12.4 Å². The lowest BCUT2D eigenvalue weighted by Crippen LogP contribution is -2.31. The maximum absolute atomic E-state index is 12.2. The van der Waals surface area contributed by atoms with Gasteiger partial charge in [-0.05, 0) is 68.4 Å². The predicted octanol–water partition coefficient (Wildman–Crippen LogP) is 4.02. The topological polar surface area (TPSA) is 55.4 Å². The highest BCUT2D eigenvalue weighted by Crippen LogP contribution is 2.25. The van der Waals surface area contributed by atoms with Crippen molar-refractivity contribution in [3.63, 3.8) is 0 Å². The summed E-state index contributed by atoms with van der Waals surface area (Å²) in [6, 6.07) is 13.4. The lowest BCUT2D eigenvalue weighted by Gasteiger charge is -2.20. The van der Waals surface area contributed by atoms with Crippen molar-refractivity contribution in [1.29, 1.82) is 0 Å². The number of ketones is 1. The Morgan fingerprint density at radius 3 is 2.58 bits per heavy atom. The Labute approximate surface area is 154 Å². The second-order valence-corrected chi connectivity index (χ2v) is 6.87. The Morgan fingerprint density at radius 1 is 1.08 bits per heavy atom. The summed E-state index contributed by atoms with van der Waals surface area (Å²) in [7, 11) is 0. The van der Waals surface area contributed by atoms with Crippen LogP contribution in [0, 0.1) is 0 Å². The summed E-state index contributed by atoms with van der Waals surface area (Å²) in [6.45, 7) is 3.35. The van der Waals surface area contributed by atoms with Crippen LogP contribution in [0.4, 0.5) is 0 Å². The minimum atomic E-state index is -0.200. The molecule has 0 heterocycles. The van der Waals surface area contributed by atoms with Gasteiger partial charge in [0.05, 0.1) is 11.6 Å². The minimum Gasteiger partial charge on any atom is -0.483 e. The molecule has 1 aliphatic rings. The van der Waals surface area contributed by atoms with Gasteiger partial charge in [0, 0.05) is 0 Å². The summed E-state index contributed by atoms with van der Waals surface area (Å²) in [5.41, 5.74) is 4.44. The Bertz CT molecular complexity index is 813. The summed E-state index contributed by atoms with van der Waals surface area (Å²) in [6.07, 6.45) is 4.77. The van der Waals surface area contributed by atoms with Crippen molar-refractivity contribution in [1.82, 2.24) is 5.32 Å². The molecule has 0 radical (unpaired) electrons. The quantitative estimate of drug-likeness (QED) is 0.800. The van der Waals surface area contributed by atoms with Crippen molar-refractivity contribution in [2.75, 3.05) is 6.61 Å². The number of nitrogens with one attached hydrogen (secondary N) is 1. The highest BCUT2D eigenvalue weighted by molar-refractivity contribution is 5.96. The van der Waals surface area contributed by atoms with E-state index in [0.29, 0.717) is 11.3 Å². The fourth-order valence-electron chi connectivity index (χ4n) is 3.42. The smallest absolute Gasteiger partial charge is 0.258 e. The molecule has 2 aromatic rings. The predicted molar refractivity (Wildman–Crippen MR) is 102 cm³/mol. The number of ether oxygens (including phenoxy) is 1. The number of carbonyl (C=O) groups excluding carboxylic acids is 2. The van der Waals surface area contributed by atoms with E-state index < -0.39 is 0 Å². The van der Waals surface area contributed by atoms with Crippen LogP contribution in [0.2, 0.25) is 0 Å². The van der Waals surface area contributed by atoms with Crippen LogP contribution in [0.15, 0.2) is 42.5 Å². The average Bonchev–Trinajstić information content (AvgIpc) is 2.66. The van der Waals surface area contributed by atoms with E-state index in [0.717, 1.165) is 18.4 Å². The lowest BCUT2D eigenvalue weighted by molar-refractivity contribution is -0.123. The zero-order valence-electron chi connectivity index (χ0n) is 15.4. The molecule has 0 aromatic heterocycles. The third-order valence-electron chi connectivity index (χ3n) is 4.88. The average molecular weight is 351 g/mol. The molecule has 26 heavy (non-hydrogen) atoms. The summed E-state index contributed by atoms with van der Waals surface area (Å²) < 4.78 is 5.55. The van der Waals surface area contributed by atoms with Crippen molar-refractivity contribution in [2.24, 2.45) is 0 Å². The van der Waals surface area contributed by atoms with Crippen molar-refractivity contribution in [3.8, 4) is 5.75 Å². The Kier molecular flexibility index (Phi) is 5.71. The molecule has 0 saturated carbocycles.